The molecular weight excluding hydrogens is 258 g/mol. The maximum absolute atomic E-state index is 6.34. The van der Waals surface area contributed by atoms with Gasteiger partial charge in [-0.3, -0.25) is 0 Å². The molecule has 2 aliphatic rings. The molecule has 3 N–H and O–H groups in total. The van der Waals surface area contributed by atoms with E-state index in [2.05, 4.69) is 22.1 Å². The largest absolute Gasteiger partial charge is 0.348 e. The van der Waals surface area contributed by atoms with Gasteiger partial charge in [0, 0.05) is 17.9 Å². The Morgan fingerprint density at radius 2 is 2.00 bits per heavy atom. The number of nitrogens with two attached hydrogens (primary N) is 1. The molecule has 2 aliphatic carbocycles. The van der Waals surface area contributed by atoms with Gasteiger partial charge in [0.05, 0.1) is 6.33 Å². The molecule has 0 unspecified atom stereocenters. The third kappa shape index (κ3) is 4.70. The second-order valence-corrected chi connectivity index (χ2v) is 7.07. The summed E-state index contributed by atoms with van der Waals surface area (Å²) in [5.41, 5.74) is 7.59. The van der Waals surface area contributed by atoms with Crippen LogP contribution in [0.15, 0.2) is 24.7 Å². The number of nitrogens with zero attached hydrogens (tertiary/aromatic N) is 1. The lowest BCUT2D eigenvalue weighted by Crippen LogP contribution is -2.23. The summed E-state index contributed by atoms with van der Waals surface area (Å²) >= 11 is 0. The predicted molar refractivity (Wildman–Crippen MR) is 86.8 cm³/mol. The van der Waals surface area contributed by atoms with E-state index in [9.17, 15) is 0 Å². The van der Waals surface area contributed by atoms with Gasteiger partial charge in [-0.25, -0.2) is 4.98 Å². The zero-order valence-electron chi connectivity index (χ0n) is 13.0. The molecule has 0 saturated heterocycles. The molecule has 0 amide bonds. The molecule has 0 aromatic carbocycles. The first-order valence-electron chi connectivity index (χ1n) is 8.72. The highest BCUT2D eigenvalue weighted by molar-refractivity contribution is 5.06. The van der Waals surface area contributed by atoms with Crippen LogP contribution in [0.1, 0.15) is 57.1 Å². The SMILES string of the molecule is N[C@H](/C=C\[C@H](Cc1cnc[nH]1)C1CC1)CC1CCCCC1. The van der Waals surface area contributed by atoms with Crippen molar-refractivity contribution in [2.24, 2.45) is 23.5 Å². The van der Waals surface area contributed by atoms with Crippen LogP contribution in [0, 0.1) is 17.8 Å². The summed E-state index contributed by atoms with van der Waals surface area (Å²) < 4.78 is 0. The van der Waals surface area contributed by atoms with Crippen molar-refractivity contribution >= 4 is 0 Å². The molecule has 2 saturated carbocycles. The van der Waals surface area contributed by atoms with E-state index < -0.39 is 0 Å². The second-order valence-electron chi connectivity index (χ2n) is 7.07. The highest BCUT2D eigenvalue weighted by atomic mass is 14.9. The first-order valence-corrected chi connectivity index (χ1v) is 8.72. The minimum atomic E-state index is 0.246. The van der Waals surface area contributed by atoms with Crippen molar-refractivity contribution in [2.45, 2.75) is 63.8 Å². The van der Waals surface area contributed by atoms with E-state index in [1.165, 1.54) is 57.1 Å². The van der Waals surface area contributed by atoms with E-state index >= 15 is 0 Å². The Bertz CT molecular complexity index is 427. The van der Waals surface area contributed by atoms with Crippen LogP contribution in [0.25, 0.3) is 0 Å². The first kappa shape index (κ1) is 14.8. The van der Waals surface area contributed by atoms with Crippen molar-refractivity contribution in [3.05, 3.63) is 30.4 Å². The molecular formula is C18H29N3. The molecule has 1 aromatic heterocycles. The molecule has 21 heavy (non-hydrogen) atoms. The molecule has 0 bridgehead atoms. The summed E-state index contributed by atoms with van der Waals surface area (Å²) in [4.78, 5) is 7.35. The Kier molecular flexibility index (Phi) is 5.13. The number of imidazole rings is 1. The molecule has 3 nitrogen and oxygen atoms in total. The number of nitrogens with one attached hydrogen (secondary N) is 1. The molecule has 0 radical (unpaired) electrons. The van der Waals surface area contributed by atoms with E-state index in [0.717, 1.165) is 18.3 Å². The van der Waals surface area contributed by atoms with Crippen LogP contribution < -0.4 is 5.73 Å². The van der Waals surface area contributed by atoms with Crippen molar-refractivity contribution in [2.75, 3.05) is 0 Å². The number of allylic oxidation sites excluding steroid dienone is 1. The summed E-state index contributed by atoms with van der Waals surface area (Å²) in [5, 5.41) is 0. The van der Waals surface area contributed by atoms with Crippen LogP contribution >= 0.6 is 0 Å². The average Bonchev–Trinajstić information content (AvgIpc) is 3.22. The standard InChI is InChI=1S/C18H29N3/c19-17(10-14-4-2-1-3-5-14)9-8-16(15-6-7-15)11-18-12-20-13-21-18/h8-9,12-17H,1-7,10-11,19H2,(H,20,21)/b9-8-/t16-,17-/m1/s1. The third-order valence-corrected chi connectivity index (χ3v) is 5.17. The van der Waals surface area contributed by atoms with Crippen LogP contribution in [0.2, 0.25) is 0 Å². The van der Waals surface area contributed by atoms with E-state index in [-0.39, 0.29) is 6.04 Å². The summed E-state index contributed by atoms with van der Waals surface area (Å²) in [6.07, 6.45) is 20.4. The minimum Gasteiger partial charge on any atom is -0.348 e. The summed E-state index contributed by atoms with van der Waals surface area (Å²) in [7, 11) is 0. The van der Waals surface area contributed by atoms with E-state index in [1.807, 2.05) is 6.20 Å². The van der Waals surface area contributed by atoms with Crippen LogP contribution in [0.4, 0.5) is 0 Å². The topological polar surface area (TPSA) is 54.7 Å². The predicted octanol–water partition coefficient (Wildman–Crippen LogP) is 3.83. The lowest BCUT2D eigenvalue weighted by Gasteiger charge is -2.23. The molecule has 116 valence electrons. The number of rotatable bonds is 7. The summed E-state index contributed by atoms with van der Waals surface area (Å²) in [6, 6.07) is 0.246. The van der Waals surface area contributed by atoms with Crippen LogP contribution in [0.5, 0.6) is 0 Å². The highest BCUT2D eigenvalue weighted by Gasteiger charge is 2.29. The van der Waals surface area contributed by atoms with E-state index in [1.54, 1.807) is 6.33 Å². The smallest absolute Gasteiger partial charge is 0.0921 e. The molecule has 3 rings (SSSR count). The fraction of sp³-hybridized carbons (Fsp3) is 0.722. The maximum Gasteiger partial charge on any atom is 0.0921 e. The monoisotopic (exact) mass is 287 g/mol. The van der Waals surface area contributed by atoms with Gasteiger partial charge in [-0.1, -0.05) is 44.3 Å². The number of hydrogen-bond acceptors (Lipinski definition) is 2. The zero-order valence-corrected chi connectivity index (χ0v) is 13.0. The van der Waals surface area contributed by atoms with Crippen LogP contribution in [-0.2, 0) is 6.42 Å². The number of aromatic amines is 1. The number of hydrogen-bond donors (Lipinski definition) is 2. The third-order valence-electron chi connectivity index (χ3n) is 5.17. The Morgan fingerprint density at radius 3 is 2.67 bits per heavy atom. The summed E-state index contributed by atoms with van der Waals surface area (Å²) in [6.45, 7) is 0. The fourth-order valence-corrected chi connectivity index (χ4v) is 3.74. The van der Waals surface area contributed by atoms with Crippen LogP contribution in [0.3, 0.4) is 0 Å². The number of H-pyrrole nitrogens is 1. The lowest BCUT2D eigenvalue weighted by molar-refractivity contribution is 0.329. The molecule has 3 heteroatoms. The van der Waals surface area contributed by atoms with Gasteiger partial charge in [0.25, 0.3) is 0 Å². The molecule has 1 aromatic rings. The van der Waals surface area contributed by atoms with Gasteiger partial charge < -0.3 is 10.7 Å². The van der Waals surface area contributed by atoms with Crippen LogP contribution in [-0.4, -0.2) is 16.0 Å². The maximum atomic E-state index is 6.34. The van der Waals surface area contributed by atoms with Gasteiger partial charge >= 0.3 is 0 Å². The molecule has 0 aliphatic heterocycles. The zero-order chi connectivity index (χ0) is 14.5. The van der Waals surface area contributed by atoms with Gasteiger partial charge in [-0.15, -0.1) is 0 Å². The van der Waals surface area contributed by atoms with Crippen molar-refractivity contribution in [1.29, 1.82) is 0 Å². The van der Waals surface area contributed by atoms with Crippen molar-refractivity contribution in [3.8, 4) is 0 Å². The Morgan fingerprint density at radius 1 is 1.19 bits per heavy atom. The highest BCUT2D eigenvalue weighted by Crippen LogP contribution is 2.39. The molecule has 1 heterocycles. The Hall–Kier alpha value is -1.09. The average molecular weight is 287 g/mol. The molecule has 2 fully saturated rings. The van der Waals surface area contributed by atoms with E-state index in [0.29, 0.717) is 5.92 Å². The van der Waals surface area contributed by atoms with E-state index in [4.69, 9.17) is 5.73 Å². The minimum absolute atomic E-state index is 0.246. The van der Waals surface area contributed by atoms with Gasteiger partial charge in [0.2, 0.25) is 0 Å². The van der Waals surface area contributed by atoms with Gasteiger partial charge in [-0.05, 0) is 43.4 Å². The fourth-order valence-electron chi connectivity index (χ4n) is 3.74. The van der Waals surface area contributed by atoms with Gasteiger partial charge in [0.15, 0.2) is 0 Å². The van der Waals surface area contributed by atoms with Gasteiger partial charge in [0.1, 0.15) is 0 Å². The summed E-state index contributed by atoms with van der Waals surface area (Å²) in [5.74, 6) is 2.37. The Balaban J connectivity index is 1.49. The lowest BCUT2D eigenvalue weighted by atomic mass is 9.84. The molecule has 0 spiro atoms. The number of aromatic nitrogens is 2. The quantitative estimate of drug-likeness (QED) is 0.749. The van der Waals surface area contributed by atoms with Gasteiger partial charge in [-0.2, -0.15) is 0 Å². The Labute approximate surface area is 128 Å². The van der Waals surface area contributed by atoms with Crippen molar-refractivity contribution in [3.63, 3.8) is 0 Å². The molecule has 2 atom stereocenters. The second kappa shape index (κ2) is 7.26. The first-order chi connectivity index (χ1) is 10.3. The van der Waals surface area contributed by atoms with Crippen molar-refractivity contribution < 1.29 is 0 Å². The normalized spacial score (nSPS) is 23.5. The van der Waals surface area contributed by atoms with Crippen molar-refractivity contribution in [1.82, 2.24) is 9.97 Å².